The molecule has 0 unspecified atom stereocenters. The molecule has 7 heteroatoms. The Morgan fingerprint density at radius 3 is 2.52 bits per heavy atom. The van der Waals surface area contributed by atoms with Crippen molar-refractivity contribution in [3.63, 3.8) is 0 Å². The summed E-state index contributed by atoms with van der Waals surface area (Å²) in [5, 5.41) is 2.68. The Balaban J connectivity index is 1.73. The molecule has 0 saturated heterocycles. The number of nitrogens with one attached hydrogen (secondary N) is 1. The monoisotopic (exact) mass is 429 g/mol. The number of halogens is 1. The lowest BCUT2D eigenvalue weighted by Crippen LogP contribution is -2.27. The van der Waals surface area contributed by atoms with Gasteiger partial charge in [-0.05, 0) is 56.0 Å². The highest BCUT2D eigenvalue weighted by Gasteiger charge is 2.27. The van der Waals surface area contributed by atoms with Crippen molar-refractivity contribution in [3.05, 3.63) is 71.4 Å². The fraction of sp³-hybridized carbons (Fsp3) is 0.375. The van der Waals surface area contributed by atoms with Gasteiger partial charge in [0.1, 0.15) is 24.7 Å². The third-order valence-electron chi connectivity index (χ3n) is 4.46. The van der Waals surface area contributed by atoms with E-state index in [1.165, 1.54) is 12.5 Å². The molecular formula is C24H28FNO5. The van der Waals surface area contributed by atoms with E-state index >= 15 is 4.39 Å². The zero-order valence-electron chi connectivity index (χ0n) is 18.4. The van der Waals surface area contributed by atoms with E-state index in [1.807, 2.05) is 26.0 Å². The Kier molecular flexibility index (Phi) is 6.73. The van der Waals surface area contributed by atoms with Crippen LogP contribution in [0.25, 0.3) is 0 Å². The number of hydrogen-bond donors (Lipinski definition) is 1. The molecule has 0 atom stereocenters. The average molecular weight is 429 g/mol. The van der Waals surface area contributed by atoms with E-state index in [0.717, 1.165) is 11.1 Å². The Morgan fingerprint density at radius 2 is 1.87 bits per heavy atom. The van der Waals surface area contributed by atoms with Crippen molar-refractivity contribution in [3.8, 4) is 5.75 Å². The molecule has 1 aliphatic heterocycles. The van der Waals surface area contributed by atoms with E-state index in [4.69, 9.17) is 18.9 Å². The predicted molar refractivity (Wildman–Crippen MR) is 115 cm³/mol. The van der Waals surface area contributed by atoms with Gasteiger partial charge in [0.2, 0.25) is 0 Å². The van der Waals surface area contributed by atoms with Crippen LogP contribution in [0.15, 0.2) is 48.9 Å². The van der Waals surface area contributed by atoms with Crippen LogP contribution in [0, 0.1) is 5.82 Å². The van der Waals surface area contributed by atoms with Crippen molar-refractivity contribution >= 4 is 11.8 Å². The molecule has 31 heavy (non-hydrogen) atoms. The lowest BCUT2D eigenvalue weighted by molar-refractivity contribution is -0.0283. The predicted octanol–water partition coefficient (Wildman–Crippen LogP) is 6.39. The molecule has 1 N–H and O–H groups in total. The lowest BCUT2D eigenvalue weighted by Gasteiger charge is -2.20. The second-order valence-electron chi connectivity index (χ2n) is 8.53. The molecule has 0 fully saturated rings. The molecule has 166 valence electrons. The van der Waals surface area contributed by atoms with Gasteiger partial charge in [-0.15, -0.1) is 0 Å². The average Bonchev–Trinajstić information content (AvgIpc) is 3.19. The molecule has 0 saturated carbocycles. The van der Waals surface area contributed by atoms with Gasteiger partial charge >= 0.3 is 6.09 Å². The summed E-state index contributed by atoms with van der Waals surface area (Å²) in [6.45, 7) is 9.45. The van der Waals surface area contributed by atoms with E-state index < -0.39 is 23.8 Å². The van der Waals surface area contributed by atoms with Gasteiger partial charge in [0.25, 0.3) is 6.29 Å². The third kappa shape index (κ3) is 5.90. The van der Waals surface area contributed by atoms with Crippen LogP contribution >= 0.6 is 0 Å². The second-order valence-corrected chi connectivity index (χ2v) is 8.53. The van der Waals surface area contributed by atoms with Crippen LogP contribution < -0.4 is 10.1 Å². The normalized spacial score (nSPS) is 13.6. The largest absolute Gasteiger partial charge is 0.486 e. The number of carbonyl (C=O) groups is 1. The summed E-state index contributed by atoms with van der Waals surface area (Å²) in [6, 6.07) is 10.5. The smallest absolute Gasteiger partial charge is 0.412 e. The highest BCUT2D eigenvalue weighted by atomic mass is 19.1. The first-order valence-electron chi connectivity index (χ1n) is 10.1. The summed E-state index contributed by atoms with van der Waals surface area (Å²) in [7, 11) is 0. The summed E-state index contributed by atoms with van der Waals surface area (Å²) in [5.74, 6) is -0.325. The van der Waals surface area contributed by atoms with E-state index in [-0.39, 0.29) is 18.3 Å². The van der Waals surface area contributed by atoms with Crippen LogP contribution in [0.5, 0.6) is 5.75 Å². The second kappa shape index (κ2) is 9.29. The molecule has 6 nitrogen and oxygen atoms in total. The molecule has 0 bridgehead atoms. The maximum absolute atomic E-state index is 15.3. The Labute approximate surface area is 182 Å². The van der Waals surface area contributed by atoms with Gasteiger partial charge in [-0.3, -0.25) is 5.32 Å². The molecule has 0 aliphatic carbocycles. The first-order valence-corrected chi connectivity index (χ1v) is 10.1. The van der Waals surface area contributed by atoms with E-state index in [0.29, 0.717) is 11.3 Å². The summed E-state index contributed by atoms with van der Waals surface area (Å²) in [6.07, 6.45) is 1.41. The van der Waals surface area contributed by atoms with Crippen LogP contribution in [0.3, 0.4) is 0 Å². The first-order chi connectivity index (χ1) is 14.6. The fourth-order valence-corrected chi connectivity index (χ4v) is 3.14. The van der Waals surface area contributed by atoms with Crippen molar-refractivity contribution in [2.75, 3.05) is 5.32 Å². The fourth-order valence-electron chi connectivity index (χ4n) is 3.14. The number of benzene rings is 2. The molecule has 1 aliphatic rings. The van der Waals surface area contributed by atoms with Gasteiger partial charge < -0.3 is 18.9 Å². The molecule has 2 aromatic carbocycles. The molecule has 1 heterocycles. The van der Waals surface area contributed by atoms with Crippen molar-refractivity contribution in [1.82, 2.24) is 0 Å². The van der Waals surface area contributed by atoms with Crippen molar-refractivity contribution in [2.24, 2.45) is 0 Å². The van der Waals surface area contributed by atoms with Gasteiger partial charge in [0.05, 0.1) is 5.56 Å². The Bertz CT molecular complexity index is 957. The number of ether oxygens (including phenoxy) is 4. The number of amides is 1. The minimum Gasteiger partial charge on any atom is -0.486 e. The lowest BCUT2D eigenvalue weighted by atomic mass is 9.96. The highest BCUT2D eigenvalue weighted by molar-refractivity contribution is 5.84. The zero-order chi connectivity index (χ0) is 22.6. The highest BCUT2D eigenvalue weighted by Crippen LogP contribution is 2.37. The molecule has 0 radical (unpaired) electrons. The maximum Gasteiger partial charge on any atom is 0.412 e. The van der Waals surface area contributed by atoms with Gasteiger partial charge in [-0.1, -0.05) is 32.0 Å². The maximum atomic E-state index is 15.3. The van der Waals surface area contributed by atoms with Gasteiger partial charge in [0, 0.05) is 5.69 Å². The minimum absolute atomic E-state index is 0.0851. The molecule has 1 amide bonds. The quantitative estimate of drug-likeness (QED) is 0.576. The minimum atomic E-state index is -0.831. The summed E-state index contributed by atoms with van der Waals surface area (Å²) in [4.78, 5) is 12.0. The van der Waals surface area contributed by atoms with Gasteiger partial charge in [-0.25, -0.2) is 9.18 Å². The summed E-state index contributed by atoms with van der Waals surface area (Å²) < 4.78 is 37.0. The zero-order valence-corrected chi connectivity index (χ0v) is 18.4. The van der Waals surface area contributed by atoms with Crippen molar-refractivity contribution in [2.45, 2.75) is 59.0 Å². The van der Waals surface area contributed by atoms with Crippen LogP contribution in [-0.2, 0) is 20.8 Å². The van der Waals surface area contributed by atoms with Crippen molar-refractivity contribution in [1.29, 1.82) is 0 Å². The molecular weight excluding hydrogens is 401 g/mol. The van der Waals surface area contributed by atoms with Crippen LogP contribution in [0.2, 0.25) is 0 Å². The van der Waals surface area contributed by atoms with Gasteiger partial charge in [-0.2, -0.15) is 0 Å². The Morgan fingerprint density at radius 1 is 1.16 bits per heavy atom. The van der Waals surface area contributed by atoms with Crippen LogP contribution in [0.1, 0.15) is 63.5 Å². The molecule has 0 aromatic heterocycles. The number of rotatable bonds is 6. The van der Waals surface area contributed by atoms with Gasteiger partial charge in [0.15, 0.2) is 11.6 Å². The summed E-state index contributed by atoms with van der Waals surface area (Å²) >= 11 is 0. The number of carbonyl (C=O) groups excluding carboxylic acids is 1. The van der Waals surface area contributed by atoms with Crippen LogP contribution in [0.4, 0.5) is 14.9 Å². The van der Waals surface area contributed by atoms with Crippen molar-refractivity contribution < 1.29 is 28.1 Å². The topological polar surface area (TPSA) is 66.0 Å². The van der Waals surface area contributed by atoms with E-state index in [1.54, 1.807) is 45.0 Å². The molecule has 2 aromatic rings. The van der Waals surface area contributed by atoms with E-state index in [2.05, 4.69) is 5.32 Å². The first kappa shape index (κ1) is 22.5. The number of hydrogen-bond acceptors (Lipinski definition) is 5. The molecule has 3 rings (SSSR count). The third-order valence-corrected chi connectivity index (χ3v) is 4.46. The summed E-state index contributed by atoms with van der Waals surface area (Å²) in [5.41, 5.74) is 1.85. The standard InChI is InChI=1S/C24H28FNO5/c1-15(2)18-9-10-19(21(25)20(18)22-28-11-12-29-22)30-14-16-7-6-8-17(13-16)26-23(27)31-24(3,4)5/h6-13,15,22H,14H2,1-5H3,(H,26,27). The SMILES string of the molecule is CC(C)c1ccc(OCc2cccc(NC(=O)OC(C)(C)C)c2)c(F)c1C1OC=CO1. The number of anilines is 1. The Hall–Kier alpha value is -3.22. The molecule has 0 spiro atoms. The van der Waals surface area contributed by atoms with E-state index in [9.17, 15) is 4.79 Å². The van der Waals surface area contributed by atoms with Crippen LogP contribution in [-0.4, -0.2) is 11.7 Å².